The van der Waals surface area contributed by atoms with Gasteiger partial charge in [-0.05, 0) is 73.1 Å². The number of aromatic hydroxyl groups is 1. The number of likely N-dealkylation sites (tertiary alicyclic amines) is 1. The molecule has 1 saturated heterocycles. The van der Waals surface area contributed by atoms with Crippen molar-refractivity contribution in [2.24, 2.45) is 5.92 Å². The van der Waals surface area contributed by atoms with Gasteiger partial charge in [-0.2, -0.15) is 0 Å². The number of carbonyl (C=O) groups is 2. The molecule has 4 heterocycles. The number of phenols is 1. The molecule has 2 atom stereocenters. The maximum absolute atomic E-state index is 13.7. The van der Waals surface area contributed by atoms with Crippen molar-refractivity contribution in [2.75, 3.05) is 18.4 Å². The molecule has 47 heavy (non-hydrogen) atoms. The molecular weight excluding hydrogens is 596 g/mol. The number of carbonyl (C=O) groups excluding carboxylic acids is 2. The molecule has 2 fully saturated rings. The molecule has 2 aliphatic rings. The summed E-state index contributed by atoms with van der Waals surface area (Å²) in [6, 6.07) is 18.4. The number of nitrogens with zero attached hydrogens (tertiary/aromatic N) is 4. The van der Waals surface area contributed by atoms with Gasteiger partial charge in [0.1, 0.15) is 11.6 Å². The van der Waals surface area contributed by atoms with Gasteiger partial charge in [-0.15, -0.1) is 0 Å². The first kappa shape index (κ1) is 30.6. The van der Waals surface area contributed by atoms with Crippen LogP contribution in [0.1, 0.15) is 55.6 Å². The maximum Gasteiger partial charge on any atom is 0.280 e. The standard InChI is InChI=1S/C36H38N6O5/c43-25-10-11-29-28(19-25)24(20-37-29)18-32(44)39-31-13-12-30-33(40-31)35(46)42(22-38-30)21-36(47)14-16-41(17-15-36)34(45)27-9-5-4-8-26(27)23-6-2-1-3-7-23/h1-3,6-7,10-13,19-20,22,26-27,37,43,47H,4-5,8-9,14-18,21H2,(H,39,40,44)/t26-,27+/m1/s1. The van der Waals surface area contributed by atoms with E-state index >= 15 is 0 Å². The molecule has 3 aromatic heterocycles. The number of phenolic OH excluding ortho intramolecular Hbond substituents is 1. The van der Waals surface area contributed by atoms with E-state index in [1.807, 2.05) is 23.1 Å². The van der Waals surface area contributed by atoms with Crippen LogP contribution in [0, 0.1) is 5.92 Å². The number of benzene rings is 2. The molecule has 2 aromatic carbocycles. The molecule has 2 amide bonds. The molecule has 1 aliphatic carbocycles. The van der Waals surface area contributed by atoms with Gasteiger partial charge in [0.25, 0.3) is 5.56 Å². The average Bonchev–Trinajstić information content (AvgIpc) is 3.47. The minimum atomic E-state index is -1.18. The molecule has 0 spiro atoms. The summed E-state index contributed by atoms with van der Waals surface area (Å²) >= 11 is 0. The molecule has 1 aliphatic heterocycles. The van der Waals surface area contributed by atoms with Crippen LogP contribution in [0.3, 0.4) is 0 Å². The van der Waals surface area contributed by atoms with E-state index in [0.29, 0.717) is 37.0 Å². The van der Waals surface area contributed by atoms with E-state index in [9.17, 15) is 24.6 Å². The summed E-state index contributed by atoms with van der Waals surface area (Å²) in [4.78, 5) is 53.9. The van der Waals surface area contributed by atoms with Crippen LogP contribution >= 0.6 is 0 Å². The lowest BCUT2D eigenvalue weighted by molar-refractivity contribution is -0.142. The monoisotopic (exact) mass is 634 g/mol. The van der Waals surface area contributed by atoms with Crippen molar-refractivity contribution < 1.29 is 19.8 Å². The van der Waals surface area contributed by atoms with Crippen molar-refractivity contribution >= 4 is 39.6 Å². The molecule has 0 bridgehead atoms. The highest BCUT2D eigenvalue weighted by atomic mass is 16.3. The normalized spacial score (nSPS) is 19.6. The number of anilines is 1. The lowest BCUT2D eigenvalue weighted by atomic mass is 9.74. The van der Waals surface area contributed by atoms with Crippen molar-refractivity contribution in [3.8, 4) is 5.75 Å². The van der Waals surface area contributed by atoms with Gasteiger partial charge < -0.3 is 25.4 Å². The number of aromatic amines is 1. The Morgan fingerprint density at radius 2 is 1.81 bits per heavy atom. The summed E-state index contributed by atoms with van der Waals surface area (Å²) in [5.41, 5.74) is 1.61. The Morgan fingerprint density at radius 3 is 2.62 bits per heavy atom. The first-order chi connectivity index (χ1) is 22.8. The third-order valence-electron chi connectivity index (χ3n) is 9.82. The van der Waals surface area contributed by atoms with E-state index in [-0.39, 0.29) is 53.7 Å². The van der Waals surface area contributed by atoms with E-state index in [4.69, 9.17) is 0 Å². The molecular formula is C36H38N6O5. The minimum absolute atomic E-state index is 0.0263. The summed E-state index contributed by atoms with van der Waals surface area (Å²) in [6.07, 6.45) is 7.93. The van der Waals surface area contributed by atoms with Crippen molar-refractivity contribution in [1.82, 2.24) is 24.4 Å². The van der Waals surface area contributed by atoms with Crippen LogP contribution in [0.15, 0.2) is 78.0 Å². The highest BCUT2D eigenvalue weighted by molar-refractivity contribution is 5.96. The number of nitrogens with one attached hydrogen (secondary N) is 2. The number of pyridine rings is 1. The summed E-state index contributed by atoms with van der Waals surface area (Å²) in [6.45, 7) is 0.875. The molecule has 0 unspecified atom stereocenters. The van der Waals surface area contributed by atoms with Crippen molar-refractivity contribution in [1.29, 1.82) is 0 Å². The van der Waals surface area contributed by atoms with Crippen molar-refractivity contribution in [3.05, 3.63) is 94.7 Å². The predicted molar refractivity (Wildman–Crippen MR) is 178 cm³/mol. The molecule has 0 radical (unpaired) electrons. The largest absolute Gasteiger partial charge is 0.508 e. The zero-order valence-electron chi connectivity index (χ0n) is 26.1. The summed E-state index contributed by atoms with van der Waals surface area (Å²) < 4.78 is 1.36. The van der Waals surface area contributed by atoms with Gasteiger partial charge in [0.15, 0.2) is 5.52 Å². The summed E-state index contributed by atoms with van der Waals surface area (Å²) in [7, 11) is 0. The Bertz CT molecular complexity index is 2000. The van der Waals surface area contributed by atoms with Gasteiger partial charge in [-0.3, -0.25) is 19.0 Å². The maximum atomic E-state index is 13.7. The van der Waals surface area contributed by atoms with E-state index in [1.54, 1.807) is 36.5 Å². The Balaban J connectivity index is 1.01. The number of aliphatic hydroxyl groups is 1. The number of amides is 2. The third kappa shape index (κ3) is 6.35. The van der Waals surface area contributed by atoms with Gasteiger partial charge in [-0.25, -0.2) is 9.97 Å². The molecule has 4 N–H and O–H groups in total. The van der Waals surface area contributed by atoms with Gasteiger partial charge in [0.2, 0.25) is 11.8 Å². The Hall–Kier alpha value is -5.03. The van der Waals surface area contributed by atoms with Gasteiger partial charge in [-0.1, -0.05) is 43.2 Å². The third-order valence-corrected chi connectivity index (χ3v) is 9.82. The molecule has 242 valence electrons. The average molecular weight is 635 g/mol. The van der Waals surface area contributed by atoms with Crippen molar-refractivity contribution in [2.45, 2.75) is 63.0 Å². The molecule has 11 nitrogen and oxygen atoms in total. The second-order valence-electron chi connectivity index (χ2n) is 13.0. The molecule has 11 heteroatoms. The first-order valence-corrected chi connectivity index (χ1v) is 16.3. The number of hydrogen-bond acceptors (Lipinski definition) is 7. The summed E-state index contributed by atoms with van der Waals surface area (Å²) in [5, 5.41) is 24.9. The van der Waals surface area contributed by atoms with Crippen LogP contribution < -0.4 is 10.9 Å². The Labute approximate surface area is 271 Å². The fourth-order valence-corrected chi connectivity index (χ4v) is 7.27. The van der Waals surface area contributed by atoms with Crippen LogP contribution in [0.25, 0.3) is 21.9 Å². The lowest BCUT2D eigenvalue weighted by Gasteiger charge is -2.41. The SMILES string of the molecule is O=C(Cc1c[nH]c2ccc(O)cc12)Nc1ccc2ncn(CC3(O)CCN(C(=O)[C@H]4CCCC[C@@H]4c4ccccc4)CC3)c(=O)c2n1. The van der Waals surface area contributed by atoms with Crippen LogP contribution in [-0.2, 0) is 22.6 Å². The number of piperidine rings is 1. The molecule has 5 aromatic rings. The number of rotatable bonds is 7. The van der Waals surface area contributed by atoms with E-state index < -0.39 is 11.2 Å². The number of H-pyrrole nitrogens is 1. The zero-order chi connectivity index (χ0) is 32.5. The smallest absolute Gasteiger partial charge is 0.280 e. The second kappa shape index (κ2) is 12.6. The number of aromatic nitrogens is 4. The first-order valence-electron chi connectivity index (χ1n) is 16.3. The van der Waals surface area contributed by atoms with E-state index in [2.05, 4.69) is 32.4 Å². The fraction of sp³-hybridized carbons (Fsp3) is 0.361. The highest BCUT2D eigenvalue weighted by Gasteiger charge is 2.39. The quantitative estimate of drug-likeness (QED) is 0.206. The van der Waals surface area contributed by atoms with Gasteiger partial charge in [0, 0.05) is 36.1 Å². The van der Waals surface area contributed by atoms with Crippen molar-refractivity contribution in [3.63, 3.8) is 0 Å². The number of hydrogen-bond donors (Lipinski definition) is 4. The number of fused-ring (bicyclic) bond motifs is 2. The predicted octanol–water partition coefficient (Wildman–Crippen LogP) is 4.49. The van der Waals surface area contributed by atoms with Gasteiger partial charge >= 0.3 is 0 Å². The Kier molecular flexibility index (Phi) is 8.23. The zero-order valence-corrected chi connectivity index (χ0v) is 26.1. The van der Waals surface area contributed by atoms with E-state index in [0.717, 1.165) is 36.6 Å². The molecule has 7 rings (SSSR count). The minimum Gasteiger partial charge on any atom is -0.508 e. The van der Waals surface area contributed by atoms with Crippen LogP contribution in [0.2, 0.25) is 0 Å². The van der Waals surface area contributed by atoms with Gasteiger partial charge in [0.05, 0.1) is 30.4 Å². The summed E-state index contributed by atoms with van der Waals surface area (Å²) in [5.74, 6) is 0.311. The lowest BCUT2D eigenvalue weighted by Crippen LogP contribution is -2.51. The molecule has 1 saturated carbocycles. The highest BCUT2D eigenvalue weighted by Crippen LogP contribution is 2.39. The van der Waals surface area contributed by atoms with Crippen LogP contribution in [-0.4, -0.2) is 65.1 Å². The van der Waals surface area contributed by atoms with Crippen LogP contribution in [0.5, 0.6) is 5.75 Å². The van der Waals surface area contributed by atoms with E-state index in [1.165, 1.54) is 16.5 Å². The second-order valence-corrected chi connectivity index (χ2v) is 13.0. The Morgan fingerprint density at radius 1 is 1.02 bits per heavy atom. The topological polar surface area (TPSA) is 153 Å². The fourth-order valence-electron chi connectivity index (χ4n) is 7.27. The van der Waals surface area contributed by atoms with Crippen LogP contribution in [0.4, 0.5) is 5.82 Å².